The van der Waals surface area contributed by atoms with Gasteiger partial charge in [0.05, 0.1) is 11.7 Å². The summed E-state index contributed by atoms with van der Waals surface area (Å²) in [6.07, 6.45) is 1.76. The fraction of sp³-hybridized carbons (Fsp3) is 0.188. The zero-order chi connectivity index (χ0) is 14.8. The molecular formula is C16H15N3O2. The molecule has 3 aromatic rings. The highest BCUT2D eigenvalue weighted by atomic mass is 16.6. The van der Waals surface area contributed by atoms with Crippen LogP contribution in [-0.4, -0.2) is 21.2 Å². The van der Waals surface area contributed by atoms with Crippen molar-refractivity contribution in [3.8, 4) is 0 Å². The van der Waals surface area contributed by atoms with Crippen LogP contribution in [0, 0.1) is 17.0 Å². The Hall–Kier alpha value is -2.69. The van der Waals surface area contributed by atoms with Crippen LogP contribution in [0.25, 0.3) is 10.9 Å². The number of hydrogen-bond donors (Lipinski definition) is 0. The van der Waals surface area contributed by atoms with Crippen LogP contribution >= 0.6 is 0 Å². The maximum Gasteiger partial charge on any atom is 0.230 e. The Labute approximate surface area is 122 Å². The van der Waals surface area contributed by atoms with Gasteiger partial charge in [0.2, 0.25) is 6.54 Å². The van der Waals surface area contributed by atoms with Crippen molar-refractivity contribution in [1.29, 1.82) is 0 Å². The Balaban J connectivity index is 2.12. The second-order valence-corrected chi connectivity index (χ2v) is 5.09. The van der Waals surface area contributed by atoms with Gasteiger partial charge in [-0.3, -0.25) is 14.8 Å². The van der Waals surface area contributed by atoms with Gasteiger partial charge in [0.15, 0.2) is 0 Å². The fourth-order valence-corrected chi connectivity index (χ4v) is 2.56. The topological polar surface area (TPSA) is 61.0 Å². The summed E-state index contributed by atoms with van der Waals surface area (Å²) in [5.41, 5.74) is 2.95. The second-order valence-electron chi connectivity index (χ2n) is 5.09. The average molecular weight is 281 g/mol. The van der Waals surface area contributed by atoms with Gasteiger partial charge in [0, 0.05) is 10.3 Å². The molecule has 21 heavy (non-hydrogen) atoms. The molecule has 0 spiro atoms. The molecule has 0 bridgehead atoms. The van der Waals surface area contributed by atoms with E-state index in [1.54, 1.807) is 10.9 Å². The van der Waals surface area contributed by atoms with Gasteiger partial charge in [-0.25, -0.2) is 0 Å². The van der Waals surface area contributed by atoms with E-state index in [1.807, 2.05) is 55.5 Å². The number of nitrogens with zero attached hydrogens (tertiary/aromatic N) is 3. The van der Waals surface area contributed by atoms with Gasteiger partial charge >= 0.3 is 0 Å². The molecule has 0 radical (unpaired) electrons. The predicted octanol–water partition coefficient (Wildman–Crippen LogP) is 3.21. The molecule has 0 fully saturated rings. The Kier molecular flexibility index (Phi) is 3.39. The summed E-state index contributed by atoms with van der Waals surface area (Å²) in [6.45, 7) is 1.83. The normalized spacial score (nSPS) is 12.4. The first-order valence-corrected chi connectivity index (χ1v) is 6.76. The number of hydrogen-bond acceptors (Lipinski definition) is 3. The molecular weight excluding hydrogens is 266 g/mol. The third-order valence-corrected chi connectivity index (χ3v) is 3.55. The number of rotatable bonds is 4. The lowest BCUT2D eigenvalue weighted by molar-refractivity contribution is -0.484. The Morgan fingerprint density at radius 2 is 2.00 bits per heavy atom. The van der Waals surface area contributed by atoms with E-state index in [0.29, 0.717) is 0 Å². The van der Waals surface area contributed by atoms with Crippen molar-refractivity contribution in [3.05, 3.63) is 76.0 Å². The van der Waals surface area contributed by atoms with E-state index in [9.17, 15) is 10.1 Å². The van der Waals surface area contributed by atoms with Gasteiger partial charge in [0.25, 0.3) is 0 Å². The van der Waals surface area contributed by atoms with Crippen LogP contribution in [0.2, 0.25) is 0 Å². The summed E-state index contributed by atoms with van der Waals surface area (Å²) in [5.74, 6) is 0. The van der Waals surface area contributed by atoms with Crippen molar-refractivity contribution in [2.75, 3.05) is 6.54 Å². The van der Waals surface area contributed by atoms with E-state index in [4.69, 9.17) is 0 Å². The van der Waals surface area contributed by atoms with Gasteiger partial charge < -0.3 is 0 Å². The Morgan fingerprint density at radius 1 is 1.24 bits per heavy atom. The summed E-state index contributed by atoms with van der Waals surface area (Å²) in [4.78, 5) is 10.7. The van der Waals surface area contributed by atoms with Crippen molar-refractivity contribution in [2.24, 2.45) is 0 Å². The molecule has 0 saturated carbocycles. The van der Waals surface area contributed by atoms with Gasteiger partial charge in [-0.1, -0.05) is 42.0 Å². The van der Waals surface area contributed by atoms with Crippen LogP contribution in [-0.2, 0) is 0 Å². The highest BCUT2D eigenvalue weighted by Crippen LogP contribution is 2.24. The van der Waals surface area contributed by atoms with E-state index in [1.165, 1.54) is 0 Å². The molecule has 0 aliphatic rings. The maximum absolute atomic E-state index is 11.0. The first-order valence-electron chi connectivity index (χ1n) is 6.76. The van der Waals surface area contributed by atoms with Crippen molar-refractivity contribution in [1.82, 2.24) is 9.78 Å². The largest absolute Gasteiger partial charge is 0.264 e. The van der Waals surface area contributed by atoms with Crippen LogP contribution in [0.4, 0.5) is 0 Å². The number of aromatic nitrogens is 2. The summed E-state index contributed by atoms with van der Waals surface area (Å²) < 4.78 is 1.74. The lowest BCUT2D eigenvalue weighted by Crippen LogP contribution is -2.21. The summed E-state index contributed by atoms with van der Waals surface area (Å²) in [7, 11) is 0. The fourth-order valence-electron chi connectivity index (χ4n) is 2.56. The van der Waals surface area contributed by atoms with Crippen LogP contribution in [0.3, 0.4) is 0 Å². The average Bonchev–Trinajstić information content (AvgIpc) is 2.88. The number of nitro groups is 1. The lowest BCUT2D eigenvalue weighted by atomic mass is 10.1. The smallest absolute Gasteiger partial charge is 0.230 e. The molecule has 2 aromatic carbocycles. The minimum atomic E-state index is -0.401. The first-order chi connectivity index (χ1) is 10.1. The summed E-state index contributed by atoms with van der Waals surface area (Å²) in [6, 6.07) is 15.1. The highest BCUT2D eigenvalue weighted by Gasteiger charge is 2.22. The van der Waals surface area contributed by atoms with Gasteiger partial charge in [-0.05, 0) is 24.6 Å². The molecule has 5 heteroatoms. The molecule has 0 aliphatic heterocycles. The number of benzene rings is 2. The molecule has 0 amide bonds. The molecule has 3 rings (SSSR count). The quantitative estimate of drug-likeness (QED) is 0.545. The standard InChI is InChI=1S/C16H15N3O2/c1-12-7-8-15-14(9-12)10-17-19(15)16(11-18(20)21)13-5-3-2-4-6-13/h2-10,16H,11H2,1H3/t16-/m0/s1. The maximum atomic E-state index is 11.0. The molecule has 0 saturated heterocycles. The van der Waals surface area contributed by atoms with Crippen molar-refractivity contribution in [2.45, 2.75) is 13.0 Å². The second kappa shape index (κ2) is 5.36. The van der Waals surface area contributed by atoms with Crippen molar-refractivity contribution >= 4 is 10.9 Å². The Bertz CT molecular complexity index is 781. The highest BCUT2D eigenvalue weighted by molar-refractivity contribution is 5.79. The molecule has 1 heterocycles. The SMILES string of the molecule is Cc1ccc2c(cnn2[C@@H](C[N+](=O)[O-])c2ccccc2)c1. The van der Waals surface area contributed by atoms with Crippen LogP contribution < -0.4 is 0 Å². The van der Waals surface area contributed by atoms with Gasteiger partial charge in [-0.2, -0.15) is 5.10 Å². The molecule has 0 N–H and O–H groups in total. The number of fused-ring (bicyclic) bond motifs is 1. The minimum Gasteiger partial charge on any atom is -0.264 e. The zero-order valence-electron chi connectivity index (χ0n) is 11.6. The third kappa shape index (κ3) is 2.63. The lowest BCUT2D eigenvalue weighted by Gasteiger charge is -2.15. The first kappa shape index (κ1) is 13.3. The van der Waals surface area contributed by atoms with Crippen LogP contribution in [0.15, 0.2) is 54.7 Å². The Morgan fingerprint density at radius 3 is 2.71 bits per heavy atom. The van der Waals surface area contributed by atoms with Gasteiger partial charge in [0.1, 0.15) is 6.04 Å². The van der Waals surface area contributed by atoms with Crippen molar-refractivity contribution < 1.29 is 4.92 Å². The molecule has 5 nitrogen and oxygen atoms in total. The third-order valence-electron chi connectivity index (χ3n) is 3.55. The van der Waals surface area contributed by atoms with E-state index >= 15 is 0 Å². The minimum absolute atomic E-state index is 0.186. The van der Waals surface area contributed by atoms with E-state index in [-0.39, 0.29) is 11.5 Å². The van der Waals surface area contributed by atoms with Crippen molar-refractivity contribution in [3.63, 3.8) is 0 Å². The molecule has 1 atom stereocenters. The molecule has 0 unspecified atom stereocenters. The molecule has 0 aliphatic carbocycles. The zero-order valence-corrected chi connectivity index (χ0v) is 11.6. The van der Waals surface area contributed by atoms with E-state index in [0.717, 1.165) is 22.0 Å². The molecule has 1 aromatic heterocycles. The number of aryl methyl sites for hydroxylation is 1. The monoisotopic (exact) mass is 281 g/mol. The van der Waals surface area contributed by atoms with E-state index in [2.05, 4.69) is 5.10 Å². The van der Waals surface area contributed by atoms with E-state index < -0.39 is 6.04 Å². The van der Waals surface area contributed by atoms with Crippen LogP contribution in [0.1, 0.15) is 17.2 Å². The molecule has 106 valence electrons. The predicted molar refractivity (Wildman–Crippen MR) is 80.9 cm³/mol. The summed E-state index contributed by atoms with van der Waals surface area (Å²) in [5, 5.41) is 16.4. The summed E-state index contributed by atoms with van der Waals surface area (Å²) >= 11 is 0. The van der Waals surface area contributed by atoms with Gasteiger partial charge in [-0.15, -0.1) is 0 Å². The van der Waals surface area contributed by atoms with Crippen LogP contribution in [0.5, 0.6) is 0 Å².